The lowest BCUT2D eigenvalue weighted by molar-refractivity contribution is -0.143. The van der Waals surface area contributed by atoms with Gasteiger partial charge in [-0.3, -0.25) is 19.4 Å². The predicted molar refractivity (Wildman–Crippen MR) is 60.2 cm³/mol. The van der Waals surface area contributed by atoms with E-state index in [0.29, 0.717) is 10.6 Å². The molecule has 2 rings (SSSR count). The molecule has 1 heterocycles. The van der Waals surface area contributed by atoms with Crippen LogP contribution in [0.25, 0.3) is 0 Å². The maximum atomic E-state index is 11.6. The van der Waals surface area contributed by atoms with Gasteiger partial charge < -0.3 is 0 Å². The molecule has 0 spiro atoms. The summed E-state index contributed by atoms with van der Waals surface area (Å²) in [6.07, 6.45) is 0. The molecule has 1 aromatic carbocycles. The molecule has 0 unspecified atom stereocenters. The third kappa shape index (κ3) is 2.01. The summed E-state index contributed by atoms with van der Waals surface area (Å²) < 4.78 is 0. The molecule has 0 aromatic heterocycles. The van der Waals surface area contributed by atoms with Gasteiger partial charge in [0.2, 0.25) is 0 Å². The quantitative estimate of drug-likeness (QED) is 0.588. The summed E-state index contributed by atoms with van der Waals surface area (Å²) in [5.74, 6) is -1.62. The van der Waals surface area contributed by atoms with Crippen molar-refractivity contribution >= 4 is 29.4 Å². The fourth-order valence-corrected chi connectivity index (χ4v) is 1.78. The van der Waals surface area contributed by atoms with Gasteiger partial charge in [0.1, 0.15) is 0 Å². The number of likely N-dealkylation sites (N-methyl/N-ethyl adjacent to an activating group) is 1. The Balaban J connectivity index is 2.23. The predicted octanol–water partition coefficient (Wildman–Crippen LogP) is 1.26. The van der Waals surface area contributed by atoms with Crippen molar-refractivity contribution < 1.29 is 14.4 Å². The first-order valence-electron chi connectivity index (χ1n) is 4.88. The highest BCUT2D eigenvalue weighted by Gasteiger charge is 2.41. The zero-order valence-corrected chi connectivity index (χ0v) is 9.77. The maximum absolute atomic E-state index is 11.6. The fraction of sp³-hybridized carbons (Fsp3) is 0.182. The largest absolute Gasteiger partial charge is 0.334 e. The second-order valence-corrected chi connectivity index (χ2v) is 4.10. The number of hydrogen-bond acceptors (Lipinski definition) is 3. The standard InChI is InChI=1S/C11H9ClN2O3/c1-13-9(15)10(16)14(11(13)17)6-7-3-2-4-8(12)5-7/h2-5H,6H2,1H3. The number of rotatable bonds is 2. The van der Waals surface area contributed by atoms with Crippen molar-refractivity contribution in [2.45, 2.75) is 6.54 Å². The number of halogens is 1. The Morgan fingerprint density at radius 3 is 2.41 bits per heavy atom. The van der Waals surface area contributed by atoms with E-state index in [-0.39, 0.29) is 6.54 Å². The molecule has 1 aliphatic heterocycles. The third-order valence-corrected chi connectivity index (χ3v) is 2.72. The Labute approximate surface area is 103 Å². The van der Waals surface area contributed by atoms with Crippen LogP contribution in [0.15, 0.2) is 24.3 Å². The van der Waals surface area contributed by atoms with Gasteiger partial charge in [-0.05, 0) is 17.7 Å². The number of imide groups is 2. The van der Waals surface area contributed by atoms with Crippen molar-refractivity contribution in [3.63, 3.8) is 0 Å². The second-order valence-electron chi connectivity index (χ2n) is 3.67. The molecule has 0 N–H and O–H groups in total. The molecule has 88 valence electrons. The van der Waals surface area contributed by atoms with Gasteiger partial charge in [-0.2, -0.15) is 0 Å². The average Bonchev–Trinajstić information content (AvgIpc) is 2.47. The van der Waals surface area contributed by atoms with Crippen LogP contribution in [-0.2, 0) is 16.1 Å². The molecule has 1 saturated heterocycles. The Bertz CT molecular complexity index is 515. The van der Waals surface area contributed by atoms with Crippen molar-refractivity contribution in [3.8, 4) is 0 Å². The van der Waals surface area contributed by atoms with Crippen molar-refractivity contribution in [1.82, 2.24) is 9.80 Å². The summed E-state index contributed by atoms with van der Waals surface area (Å²) in [5, 5.41) is 0.515. The zero-order chi connectivity index (χ0) is 12.6. The van der Waals surface area contributed by atoms with Crippen LogP contribution in [0.3, 0.4) is 0 Å². The lowest BCUT2D eigenvalue weighted by Gasteiger charge is -2.12. The SMILES string of the molecule is CN1C(=O)C(=O)N(Cc2cccc(Cl)c2)C1=O. The van der Waals surface area contributed by atoms with Crippen LogP contribution < -0.4 is 0 Å². The smallest absolute Gasteiger partial charge is 0.263 e. The molecule has 6 heteroatoms. The minimum Gasteiger partial charge on any atom is -0.263 e. The van der Waals surface area contributed by atoms with Gasteiger partial charge in [0.25, 0.3) is 0 Å². The number of hydrogen-bond donors (Lipinski definition) is 0. The minimum atomic E-state index is -0.808. The first-order valence-corrected chi connectivity index (χ1v) is 5.26. The van der Waals surface area contributed by atoms with E-state index in [9.17, 15) is 14.4 Å². The van der Waals surface area contributed by atoms with Gasteiger partial charge in [-0.15, -0.1) is 0 Å². The molecule has 0 radical (unpaired) electrons. The first-order chi connectivity index (χ1) is 8.00. The van der Waals surface area contributed by atoms with E-state index < -0.39 is 17.8 Å². The zero-order valence-electron chi connectivity index (χ0n) is 9.01. The number of nitrogens with zero attached hydrogens (tertiary/aromatic N) is 2. The molecule has 0 bridgehead atoms. The topological polar surface area (TPSA) is 57.7 Å². The van der Waals surface area contributed by atoms with E-state index in [1.807, 2.05) is 0 Å². The van der Waals surface area contributed by atoms with Crippen molar-refractivity contribution in [2.24, 2.45) is 0 Å². The summed E-state index contributed by atoms with van der Waals surface area (Å²) in [4.78, 5) is 36.1. The molecule has 1 fully saturated rings. The van der Waals surface area contributed by atoms with Gasteiger partial charge in [-0.25, -0.2) is 4.79 Å². The van der Waals surface area contributed by atoms with Crippen LogP contribution in [0.5, 0.6) is 0 Å². The molecular formula is C11H9ClN2O3. The number of urea groups is 1. The molecule has 17 heavy (non-hydrogen) atoms. The van der Waals surface area contributed by atoms with E-state index in [1.165, 1.54) is 7.05 Å². The minimum absolute atomic E-state index is 0.0499. The molecule has 5 nitrogen and oxygen atoms in total. The summed E-state index contributed by atoms with van der Waals surface area (Å²) in [5.41, 5.74) is 0.697. The van der Waals surface area contributed by atoms with Crippen LogP contribution in [0.2, 0.25) is 5.02 Å². The summed E-state index contributed by atoms with van der Waals surface area (Å²) in [6.45, 7) is 0.0499. The van der Waals surface area contributed by atoms with Gasteiger partial charge >= 0.3 is 17.8 Å². The van der Waals surface area contributed by atoms with E-state index in [4.69, 9.17) is 11.6 Å². The highest BCUT2D eigenvalue weighted by atomic mass is 35.5. The summed E-state index contributed by atoms with van der Waals surface area (Å²) in [6, 6.07) is 6.17. The number of carbonyl (C=O) groups is 3. The van der Waals surface area contributed by atoms with Crippen LogP contribution in [0, 0.1) is 0 Å². The van der Waals surface area contributed by atoms with Crippen molar-refractivity contribution in [2.75, 3.05) is 7.05 Å². The highest BCUT2D eigenvalue weighted by Crippen LogP contribution is 2.17. The third-order valence-electron chi connectivity index (χ3n) is 2.48. The highest BCUT2D eigenvalue weighted by molar-refractivity contribution is 6.44. The summed E-state index contributed by atoms with van der Waals surface area (Å²) in [7, 11) is 1.28. The lowest BCUT2D eigenvalue weighted by atomic mass is 10.2. The molecule has 1 aliphatic rings. The van der Waals surface area contributed by atoms with Gasteiger partial charge in [0, 0.05) is 12.1 Å². The number of carbonyl (C=O) groups excluding carboxylic acids is 3. The average molecular weight is 253 g/mol. The van der Waals surface area contributed by atoms with Crippen LogP contribution in [-0.4, -0.2) is 34.7 Å². The number of benzene rings is 1. The Morgan fingerprint density at radius 1 is 1.18 bits per heavy atom. The van der Waals surface area contributed by atoms with Crippen LogP contribution >= 0.6 is 11.6 Å². The molecule has 0 aliphatic carbocycles. The van der Waals surface area contributed by atoms with E-state index in [1.54, 1.807) is 24.3 Å². The Morgan fingerprint density at radius 2 is 1.88 bits per heavy atom. The molecule has 1 aromatic rings. The Hall–Kier alpha value is -1.88. The van der Waals surface area contributed by atoms with E-state index in [0.717, 1.165) is 9.80 Å². The first kappa shape index (κ1) is 11.6. The lowest BCUT2D eigenvalue weighted by Crippen LogP contribution is -2.30. The number of amides is 4. The molecule has 4 amide bonds. The van der Waals surface area contributed by atoms with E-state index >= 15 is 0 Å². The molecule has 0 atom stereocenters. The van der Waals surface area contributed by atoms with Gasteiger partial charge in [-0.1, -0.05) is 23.7 Å². The van der Waals surface area contributed by atoms with Crippen LogP contribution in [0.4, 0.5) is 4.79 Å². The Kier molecular flexibility index (Phi) is 2.85. The molecule has 0 saturated carbocycles. The second kappa shape index (κ2) is 4.18. The maximum Gasteiger partial charge on any atom is 0.334 e. The molecular weight excluding hydrogens is 244 g/mol. The van der Waals surface area contributed by atoms with E-state index in [2.05, 4.69) is 0 Å². The van der Waals surface area contributed by atoms with Crippen molar-refractivity contribution in [1.29, 1.82) is 0 Å². The van der Waals surface area contributed by atoms with Crippen LogP contribution in [0.1, 0.15) is 5.56 Å². The monoisotopic (exact) mass is 252 g/mol. The van der Waals surface area contributed by atoms with Gasteiger partial charge in [0.15, 0.2) is 0 Å². The summed E-state index contributed by atoms with van der Waals surface area (Å²) >= 11 is 5.79. The normalized spacial score (nSPS) is 16.0. The van der Waals surface area contributed by atoms with Crippen molar-refractivity contribution in [3.05, 3.63) is 34.9 Å². The van der Waals surface area contributed by atoms with Gasteiger partial charge in [0.05, 0.1) is 6.54 Å². The fourth-order valence-electron chi connectivity index (χ4n) is 1.57.